The molecule has 0 N–H and O–H groups in total. The predicted octanol–water partition coefficient (Wildman–Crippen LogP) is 21.0. The molecule has 0 bridgehead atoms. The van der Waals surface area contributed by atoms with Gasteiger partial charge in [0, 0.05) is 33.0 Å². The zero-order chi connectivity index (χ0) is 52.1. The fraction of sp³-hybridized carbons (Fsp3) is 0.211. The fourth-order valence-corrected chi connectivity index (χ4v) is 16.7. The number of hydrogen-bond donors (Lipinski definition) is 0. The molecule has 2 saturated carbocycles. The summed E-state index contributed by atoms with van der Waals surface area (Å²) in [4.78, 5) is 5.52. The van der Waals surface area contributed by atoms with Crippen LogP contribution in [0, 0.1) is 0 Å². The summed E-state index contributed by atoms with van der Waals surface area (Å²) in [7, 11) is 0. The molecule has 0 spiro atoms. The zero-order valence-electron chi connectivity index (χ0n) is 45.3. The molecule has 12 aromatic rings. The predicted molar refractivity (Wildman–Crippen MR) is 333 cm³/mol. The summed E-state index contributed by atoms with van der Waals surface area (Å²) in [5.41, 5.74) is 18.4. The largest absolute Gasteiger partial charge is 0.334 e. The van der Waals surface area contributed by atoms with E-state index in [4.69, 9.17) is 0 Å². The molecule has 2 fully saturated rings. The number of benzene rings is 12. The third-order valence-corrected chi connectivity index (χ3v) is 20.9. The topological polar surface area (TPSA) is 6.48 Å². The van der Waals surface area contributed by atoms with E-state index in [9.17, 15) is 0 Å². The molecule has 2 aliphatic carbocycles. The first kappa shape index (κ1) is 45.9. The average molecular weight is 1010 g/mol. The van der Waals surface area contributed by atoms with Crippen LogP contribution in [0.25, 0.3) is 98.4 Å². The van der Waals surface area contributed by atoms with Crippen molar-refractivity contribution in [2.45, 2.75) is 101 Å². The Morgan fingerprint density at radius 1 is 0.282 bits per heavy atom. The van der Waals surface area contributed by atoms with Gasteiger partial charge in [0.25, 0.3) is 0 Å². The smallest absolute Gasteiger partial charge is 0.0535 e. The molecule has 0 aromatic heterocycles. The van der Waals surface area contributed by atoms with Crippen molar-refractivity contribution in [3.8, 4) is 44.5 Å². The van der Waals surface area contributed by atoms with Crippen molar-refractivity contribution in [1.29, 1.82) is 0 Å². The average Bonchev–Trinajstić information content (AvgIpc) is 2.53. The molecule has 0 radical (unpaired) electrons. The molecular formula is C76H64N2. The van der Waals surface area contributed by atoms with Gasteiger partial charge in [-0.2, -0.15) is 0 Å². The molecule has 2 heterocycles. The summed E-state index contributed by atoms with van der Waals surface area (Å²) in [6, 6.07) is 84.0. The van der Waals surface area contributed by atoms with Gasteiger partial charge in [0.05, 0.1) is 22.5 Å². The van der Waals surface area contributed by atoms with Crippen LogP contribution >= 0.6 is 0 Å². The summed E-state index contributed by atoms with van der Waals surface area (Å²) >= 11 is 0. The van der Waals surface area contributed by atoms with Gasteiger partial charge in [-0.15, -0.1) is 0 Å². The van der Waals surface area contributed by atoms with E-state index in [0.29, 0.717) is 0 Å². The summed E-state index contributed by atoms with van der Waals surface area (Å²) < 4.78 is 0. The number of fused-ring (bicyclic) bond motifs is 10. The SMILES string of the molecule is CC12CCCCC1(C)N(c1ccccc1)c1c2ccc2c(-c3cc4c(-c5ccccc5)cc(-c5cccc6c7c(ccc56)C5(C)CCCCC5(C)N7c5ccccc5)c5ccc6c(-c7ccccc7)ccc3c6c45)cccc12. The Bertz CT molecular complexity index is 4390. The van der Waals surface area contributed by atoms with Crippen LogP contribution in [-0.2, 0) is 10.8 Å². The lowest BCUT2D eigenvalue weighted by Gasteiger charge is -2.50. The molecule has 2 nitrogen and oxygen atoms in total. The highest BCUT2D eigenvalue weighted by Gasteiger charge is 2.59. The van der Waals surface area contributed by atoms with Crippen LogP contribution in [-0.4, -0.2) is 11.1 Å². The van der Waals surface area contributed by atoms with Crippen molar-refractivity contribution in [2.24, 2.45) is 0 Å². The van der Waals surface area contributed by atoms with Crippen LogP contribution in [0.4, 0.5) is 22.7 Å². The van der Waals surface area contributed by atoms with Gasteiger partial charge in [-0.05, 0) is 175 Å². The third-order valence-electron chi connectivity index (χ3n) is 20.9. The van der Waals surface area contributed by atoms with Crippen molar-refractivity contribution in [3.05, 3.63) is 230 Å². The van der Waals surface area contributed by atoms with Crippen LogP contribution in [0.3, 0.4) is 0 Å². The summed E-state index contributed by atoms with van der Waals surface area (Å²) in [5, 5.41) is 13.1. The number of hydrogen-bond acceptors (Lipinski definition) is 2. The molecule has 0 saturated heterocycles. The normalized spacial score (nSPS) is 22.6. The van der Waals surface area contributed by atoms with Gasteiger partial charge in [0.2, 0.25) is 0 Å². The first-order chi connectivity index (χ1) is 38.2. The molecule has 4 aliphatic rings. The Morgan fingerprint density at radius 2 is 0.679 bits per heavy atom. The van der Waals surface area contributed by atoms with E-state index in [1.54, 1.807) is 0 Å². The lowest BCUT2D eigenvalue weighted by molar-refractivity contribution is 0.195. The zero-order valence-corrected chi connectivity index (χ0v) is 45.3. The van der Waals surface area contributed by atoms with Crippen LogP contribution in [0.5, 0.6) is 0 Å². The number of anilines is 4. The van der Waals surface area contributed by atoms with Gasteiger partial charge in [-0.25, -0.2) is 0 Å². The molecule has 378 valence electrons. The Hall–Kier alpha value is -8.20. The third kappa shape index (κ3) is 6.04. The van der Waals surface area contributed by atoms with Gasteiger partial charge in [0.15, 0.2) is 0 Å². The van der Waals surface area contributed by atoms with E-state index in [0.717, 1.165) is 0 Å². The number of rotatable bonds is 6. The molecule has 0 amide bonds. The van der Waals surface area contributed by atoms with Crippen molar-refractivity contribution < 1.29 is 0 Å². The maximum atomic E-state index is 2.76. The molecule has 12 aromatic carbocycles. The van der Waals surface area contributed by atoms with E-state index in [-0.39, 0.29) is 21.9 Å². The summed E-state index contributed by atoms with van der Waals surface area (Å²) in [6.45, 7) is 10.2. The minimum absolute atomic E-state index is 0.0289. The lowest BCUT2D eigenvalue weighted by atomic mass is 9.61. The van der Waals surface area contributed by atoms with Gasteiger partial charge >= 0.3 is 0 Å². The molecule has 16 rings (SSSR count). The summed E-state index contributed by atoms with van der Waals surface area (Å²) in [5.74, 6) is 0. The molecule has 4 unspecified atom stereocenters. The highest BCUT2D eigenvalue weighted by atomic mass is 15.3. The van der Waals surface area contributed by atoms with E-state index in [1.165, 1.54) is 184 Å². The molecule has 2 aliphatic heterocycles. The standard InChI is InChI=1S/C76H64N2/c1-73-43-17-19-45-75(73,3)77(51-27-13-7-14-28-51)71-61-33-21-31-54(56(61)39-41-67(71)73)64-47-63(50-25-11-6-12-26-50)66-48-65(59-36-35-53(49-23-9-5-10-24-49)58-37-38-60(64)70(66)69(58)59)55-32-22-34-62-57(55)40-42-68-72(62)78(52-29-15-8-16-30-52)76(4)46-20-18-44-74(68,76)2/h5-16,21-42,47-48H,17-20,43-46H2,1-4H3. The Labute approximate surface area is 458 Å². The Kier molecular flexibility index (Phi) is 9.81. The van der Waals surface area contributed by atoms with E-state index in [2.05, 4.69) is 256 Å². The van der Waals surface area contributed by atoms with Crippen LogP contribution < -0.4 is 9.80 Å². The van der Waals surface area contributed by atoms with E-state index < -0.39 is 0 Å². The second kappa shape index (κ2) is 16.7. The van der Waals surface area contributed by atoms with Crippen molar-refractivity contribution in [3.63, 3.8) is 0 Å². The van der Waals surface area contributed by atoms with Gasteiger partial charge < -0.3 is 9.80 Å². The number of nitrogens with zero attached hydrogens (tertiary/aromatic N) is 2. The molecule has 78 heavy (non-hydrogen) atoms. The van der Waals surface area contributed by atoms with Gasteiger partial charge in [-0.1, -0.05) is 222 Å². The van der Waals surface area contributed by atoms with Gasteiger partial charge in [-0.3, -0.25) is 0 Å². The molecule has 2 heteroatoms. The van der Waals surface area contributed by atoms with Gasteiger partial charge in [0.1, 0.15) is 0 Å². The maximum Gasteiger partial charge on any atom is 0.0535 e. The van der Waals surface area contributed by atoms with E-state index >= 15 is 0 Å². The maximum absolute atomic E-state index is 2.76. The fourth-order valence-electron chi connectivity index (χ4n) is 16.7. The monoisotopic (exact) mass is 1000 g/mol. The van der Waals surface area contributed by atoms with Crippen molar-refractivity contribution in [1.82, 2.24) is 0 Å². The highest BCUT2D eigenvalue weighted by Crippen LogP contribution is 2.65. The minimum Gasteiger partial charge on any atom is -0.334 e. The number of para-hydroxylation sites is 2. The first-order valence-electron chi connectivity index (χ1n) is 28.9. The first-order valence-corrected chi connectivity index (χ1v) is 28.9. The van der Waals surface area contributed by atoms with E-state index in [1.807, 2.05) is 0 Å². The Morgan fingerprint density at radius 3 is 1.18 bits per heavy atom. The molecular weight excluding hydrogens is 941 g/mol. The minimum atomic E-state index is -0.0419. The second-order valence-corrected chi connectivity index (χ2v) is 24.4. The Balaban J connectivity index is 0.995. The lowest BCUT2D eigenvalue weighted by Crippen LogP contribution is -2.54. The van der Waals surface area contributed by atoms with Crippen molar-refractivity contribution >= 4 is 76.6 Å². The van der Waals surface area contributed by atoms with Crippen LogP contribution in [0.2, 0.25) is 0 Å². The quantitative estimate of drug-likeness (QED) is 0.153. The molecule has 4 atom stereocenters. The second-order valence-electron chi connectivity index (χ2n) is 24.4. The summed E-state index contributed by atoms with van der Waals surface area (Å²) in [6.07, 6.45) is 9.75. The van der Waals surface area contributed by atoms with Crippen LogP contribution in [0.15, 0.2) is 218 Å². The highest BCUT2D eigenvalue weighted by molar-refractivity contribution is 6.33. The van der Waals surface area contributed by atoms with Crippen LogP contribution in [0.1, 0.15) is 90.2 Å². The van der Waals surface area contributed by atoms with Crippen molar-refractivity contribution in [2.75, 3.05) is 9.80 Å².